The zero-order valence-corrected chi connectivity index (χ0v) is 28.8. The Hall–Kier alpha value is -4.03. The highest BCUT2D eigenvalue weighted by molar-refractivity contribution is 6.30. The number of unbranched alkanes of at least 4 members (excludes halogenated alkanes) is 6. The van der Waals surface area contributed by atoms with E-state index >= 15 is 0 Å². The van der Waals surface area contributed by atoms with Crippen LogP contribution in [0.2, 0.25) is 5.02 Å². The minimum Gasteiger partial charge on any atom is -0.506 e. The van der Waals surface area contributed by atoms with Crippen LogP contribution in [0.1, 0.15) is 69.5 Å². The van der Waals surface area contributed by atoms with Crippen LogP contribution in [0.3, 0.4) is 0 Å². The van der Waals surface area contributed by atoms with Crippen LogP contribution < -0.4 is 16.2 Å². The molecule has 1 fully saturated rings. The number of rotatable bonds is 16. The molecule has 0 saturated carbocycles. The van der Waals surface area contributed by atoms with E-state index in [2.05, 4.69) is 20.5 Å². The smallest absolute Gasteiger partial charge is 0.412 e. The number of amides is 1. The average molecular weight is 711 g/mol. The number of aromatic nitrogens is 1. The molecule has 1 aliphatic heterocycles. The third-order valence-corrected chi connectivity index (χ3v) is 9.39. The number of aliphatic hydroxyl groups is 1. The van der Waals surface area contributed by atoms with Crippen molar-refractivity contribution in [3.8, 4) is 16.9 Å². The number of H-pyrrole nitrogens is 1. The number of likely N-dealkylation sites (tertiary alicyclic amines) is 1. The molecule has 1 atom stereocenters. The third-order valence-electron chi connectivity index (χ3n) is 9.16. The summed E-state index contributed by atoms with van der Waals surface area (Å²) < 4.78 is 34.4. The highest BCUT2D eigenvalue weighted by Crippen LogP contribution is 2.33. The minimum absolute atomic E-state index is 0.0217. The number of phenols is 1. The number of nitrogens with zero attached hydrogens (tertiary/aromatic N) is 1. The van der Waals surface area contributed by atoms with E-state index in [9.17, 15) is 28.6 Å². The predicted molar refractivity (Wildman–Crippen MR) is 193 cm³/mol. The summed E-state index contributed by atoms with van der Waals surface area (Å²) in [4.78, 5) is 29.3. The predicted octanol–water partition coefficient (Wildman–Crippen LogP) is 7.90. The number of carbonyl (C=O) groups excluding carboxylic acids is 1. The first-order valence-electron chi connectivity index (χ1n) is 17.4. The Morgan fingerprint density at radius 2 is 1.72 bits per heavy atom. The summed E-state index contributed by atoms with van der Waals surface area (Å²) in [5.74, 6) is -1.67. The van der Waals surface area contributed by atoms with Crippen LogP contribution in [0, 0.1) is 11.6 Å². The number of ether oxygens (including phenoxy) is 1. The summed E-state index contributed by atoms with van der Waals surface area (Å²) in [5.41, 5.74) is 1.20. The van der Waals surface area contributed by atoms with Crippen molar-refractivity contribution in [3.05, 3.63) is 93.2 Å². The van der Waals surface area contributed by atoms with Crippen LogP contribution in [0.15, 0.2) is 65.5 Å². The van der Waals surface area contributed by atoms with E-state index in [0.29, 0.717) is 46.4 Å². The van der Waals surface area contributed by atoms with E-state index in [1.165, 1.54) is 25.0 Å². The molecule has 0 bridgehead atoms. The van der Waals surface area contributed by atoms with Crippen molar-refractivity contribution < 1.29 is 28.5 Å². The van der Waals surface area contributed by atoms with Gasteiger partial charge in [0, 0.05) is 47.7 Å². The Balaban J connectivity index is 0.904. The standard InChI is InChI=1S/C38H45ClF2N4O5/c39-26-10-8-9-25(21-26)31-22-27(40)23-32(41)36(31)44-38(49)50-28-15-19-45(20-16-28)18-7-5-3-1-2-4-6-17-42-24-34(47)29-11-13-33(46)37-30(29)12-14-35(48)43-37/h8-14,21-23,28,34,42,46-47H,1-7,15-20,24H2,(H,43,48)(H,44,49)/t34-/m1/s1. The fourth-order valence-electron chi connectivity index (χ4n) is 6.49. The highest BCUT2D eigenvalue weighted by atomic mass is 35.5. The quantitative estimate of drug-likeness (QED) is 0.0749. The summed E-state index contributed by atoms with van der Waals surface area (Å²) in [6, 6.07) is 14.6. The van der Waals surface area contributed by atoms with Gasteiger partial charge in [0.05, 0.1) is 17.3 Å². The molecule has 3 aromatic carbocycles. The highest BCUT2D eigenvalue weighted by Gasteiger charge is 2.24. The van der Waals surface area contributed by atoms with E-state index in [1.54, 1.807) is 36.4 Å². The second-order valence-corrected chi connectivity index (χ2v) is 13.3. The van der Waals surface area contributed by atoms with Gasteiger partial charge in [0.25, 0.3) is 0 Å². The van der Waals surface area contributed by atoms with Gasteiger partial charge in [0.2, 0.25) is 5.56 Å². The third kappa shape index (κ3) is 10.5. The average Bonchev–Trinajstić information content (AvgIpc) is 3.09. The van der Waals surface area contributed by atoms with Crippen LogP contribution >= 0.6 is 11.6 Å². The Bertz CT molecular complexity index is 1800. The lowest BCUT2D eigenvalue weighted by atomic mass is 10.0. The Labute approximate surface area is 295 Å². The van der Waals surface area contributed by atoms with Crippen molar-refractivity contribution in [1.29, 1.82) is 0 Å². The number of aliphatic hydroxyl groups excluding tert-OH is 1. The van der Waals surface area contributed by atoms with Gasteiger partial charge in [-0.3, -0.25) is 10.1 Å². The first kappa shape index (κ1) is 37.2. The van der Waals surface area contributed by atoms with E-state index < -0.39 is 23.8 Å². The van der Waals surface area contributed by atoms with Gasteiger partial charge in [-0.15, -0.1) is 0 Å². The lowest BCUT2D eigenvalue weighted by Gasteiger charge is -2.31. The Morgan fingerprint density at radius 1 is 0.980 bits per heavy atom. The normalized spacial score (nSPS) is 14.6. The second kappa shape index (κ2) is 18.3. The number of benzene rings is 3. The maximum atomic E-state index is 14.7. The number of hydrogen-bond acceptors (Lipinski definition) is 7. The number of piperidine rings is 1. The molecule has 0 aliphatic carbocycles. The molecular weight excluding hydrogens is 666 g/mol. The van der Waals surface area contributed by atoms with Crippen LogP contribution in [-0.2, 0) is 4.74 Å². The van der Waals surface area contributed by atoms with Crippen molar-refractivity contribution in [1.82, 2.24) is 15.2 Å². The van der Waals surface area contributed by atoms with Crippen molar-refractivity contribution >= 4 is 34.3 Å². The lowest BCUT2D eigenvalue weighted by molar-refractivity contribution is 0.0584. The molecule has 50 heavy (non-hydrogen) atoms. The number of aromatic hydroxyl groups is 1. The number of phenolic OH excluding ortho intramolecular Hbond substituents is 1. The molecule has 0 spiro atoms. The fraction of sp³-hybridized carbons (Fsp3) is 0.421. The molecule has 4 aromatic rings. The Morgan fingerprint density at radius 3 is 2.48 bits per heavy atom. The molecule has 5 rings (SSSR count). The largest absolute Gasteiger partial charge is 0.506 e. The van der Waals surface area contributed by atoms with Gasteiger partial charge in [0.1, 0.15) is 23.5 Å². The molecule has 0 radical (unpaired) electrons. The van der Waals surface area contributed by atoms with Crippen molar-refractivity contribution in [2.45, 2.75) is 70.0 Å². The van der Waals surface area contributed by atoms with Crippen LogP contribution in [0.4, 0.5) is 19.3 Å². The van der Waals surface area contributed by atoms with E-state index in [4.69, 9.17) is 16.3 Å². The molecular formula is C38H45ClF2N4O5. The summed E-state index contributed by atoms with van der Waals surface area (Å²) >= 11 is 6.07. The summed E-state index contributed by atoms with van der Waals surface area (Å²) in [6.07, 6.45) is 7.51. The van der Waals surface area contributed by atoms with Gasteiger partial charge in [-0.05, 0) is 80.2 Å². The minimum atomic E-state index is -0.890. The topological polar surface area (TPSA) is 127 Å². The van der Waals surface area contributed by atoms with Crippen molar-refractivity contribution in [2.75, 3.05) is 38.0 Å². The number of halogens is 3. The maximum absolute atomic E-state index is 14.7. The molecule has 0 unspecified atom stereocenters. The number of anilines is 1. The van der Waals surface area contributed by atoms with E-state index in [1.807, 2.05) is 0 Å². The van der Waals surface area contributed by atoms with Gasteiger partial charge in [-0.25, -0.2) is 13.6 Å². The van der Waals surface area contributed by atoms with Crippen LogP contribution in [0.5, 0.6) is 5.75 Å². The van der Waals surface area contributed by atoms with E-state index in [-0.39, 0.29) is 28.7 Å². The Kier molecular flexibility index (Phi) is 13.6. The molecule has 1 saturated heterocycles. The van der Waals surface area contributed by atoms with Gasteiger partial charge < -0.3 is 30.2 Å². The van der Waals surface area contributed by atoms with Crippen molar-refractivity contribution in [3.63, 3.8) is 0 Å². The lowest BCUT2D eigenvalue weighted by Crippen LogP contribution is -2.39. The van der Waals surface area contributed by atoms with Gasteiger partial charge in [-0.2, -0.15) is 0 Å². The molecule has 12 heteroatoms. The molecule has 2 heterocycles. The molecule has 1 amide bonds. The number of hydrogen-bond donors (Lipinski definition) is 5. The second-order valence-electron chi connectivity index (χ2n) is 12.9. The maximum Gasteiger partial charge on any atom is 0.412 e. The molecule has 1 aliphatic rings. The van der Waals surface area contributed by atoms with Gasteiger partial charge in [0.15, 0.2) is 0 Å². The summed E-state index contributed by atoms with van der Waals surface area (Å²) in [6.45, 7) is 3.83. The molecule has 268 valence electrons. The number of fused-ring (bicyclic) bond motifs is 1. The zero-order chi connectivity index (χ0) is 35.5. The SMILES string of the molecule is O=C(Nc1c(F)cc(F)cc1-c1cccc(Cl)c1)OC1CCN(CCCCCCCCCNC[C@@H](O)c2ccc(O)c3[nH]c(=O)ccc23)CC1. The fourth-order valence-corrected chi connectivity index (χ4v) is 6.68. The van der Waals surface area contributed by atoms with E-state index in [0.717, 1.165) is 70.4 Å². The first-order valence-corrected chi connectivity index (χ1v) is 17.7. The number of nitrogens with one attached hydrogen (secondary N) is 3. The monoisotopic (exact) mass is 710 g/mol. The number of carbonyl (C=O) groups is 1. The number of pyridine rings is 1. The van der Waals surface area contributed by atoms with Crippen LogP contribution in [0.25, 0.3) is 22.0 Å². The zero-order valence-electron chi connectivity index (χ0n) is 28.0. The van der Waals surface area contributed by atoms with Gasteiger partial charge >= 0.3 is 6.09 Å². The summed E-state index contributed by atoms with van der Waals surface area (Å²) in [5, 5.41) is 27.5. The first-order chi connectivity index (χ1) is 24.2. The van der Waals surface area contributed by atoms with Gasteiger partial charge in [-0.1, -0.05) is 61.9 Å². The number of aromatic amines is 1. The molecule has 5 N–H and O–H groups in total. The van der Waals surface area contributed by atoms with Crippen LogP contribution in [-0.4, -0.2) is 65.0 Å². The molecule has 1 aromatic heterocycles. The van der Waals surface area contributed by atoms with Crippen molar-refractivity contribution in [2.24, 2.45) is 0 Å². The molecule has 9 nitrogen and oxygen atoms in total. The summed E-state index contributed by atoms with van der Waals surface area (Å²) in [7, 11) is 0.